The summed E-state index contributed by atoms with van der Waals surface area (Å²) in [5, 5.41) is 8.00. The maximum absolute atomic E-state index is 5.93. The molecule has 0 radical (unpaired) electrons. The molecular formula is C14H26BrN3O. The molecule has 0 saturated heterocycles. The average Bonchev–Trinajstić information content (AvgIpc) is 2.67. The number of hydrogen-bond acceptors (Lipinski definition) is 3. The summed E-state index contributed by atoms with van der Waals surface area (Å²) in [6, 6.07) is 0.414. The fourth-order valence-corrected chi connectivity index (χ4v) is 2.87. The Morgan fingerprint density at radius 3 is 2.53 bits per heavy atom. The van der Waals surface area contributed by atoms with Gasteiger partial charge in [-0.05, 0) is 57.1 Å². The monoisotopic (exact) mass is 331 g/mol. The summed E-state index contributed by atoms with van der Waals surface area (Å²) in [5.41, 5.74) is 0.857. The largest absolute Gasteiger partial charge is 0.374 e. The van der Waals surface area contributed by atoms with Gasteiger partial charge in [0, 0.05) is 12.6 Å². The van der Waals surface area contributed by atoms with Crippen molar-refractivity contribution < 1.29 is 4.74 Å². The van der Waals surface area contributed by atoms with Crippen LogP contribution in [0.25, 0.3) is 0 Å². The molecule has 4 nitrogen and oxygen atoms in total. The Balaban J connectivity index is 3.22. The lowest BCUT2D eigenvalue weighted by Gasteiger charge is -2.35. The molecule has 1 unspecified atom stereocenters. The van der Waals surface area contributed by atoms with Gasteiger partial charge in [-0.25, -0.2) is 0 Å². The predicted molar refractivity (Wildman–Crippen MR) is 82.4 cm³/mol. The molecule has 0 spiro atoms. The van der Waals surface area contributed by atoms with Crippen LogP contribution in [-0.4, -0.2) is 28.5 Å². The van der Waals surface area contributed by atoms with Crippen molar-refractivity contribution in [3.05, 3.63) is 16.4 Å². The van der Waals surface area contributed by atoms with Crippen molar-refractivity contribution in [2.24, 2.45) is 0 Å². The number of ether oxygens (including phenoxy) is 1. The lowest BCUT2D eigenvalue weighted by Crippen LogP contribution is -2.43. The molecule has 1 heterocycles. The van der Waals surface area contributed by atoms with E-state index in [1.807, 2.05) is 13.1 Å². The maximum atomic E-state index is 5.93. The van der Waals surface area contributed by atoms with Gasteiger partial charge in [0.05, 0.1) is 28.0 Å². The maximum Gasteiger partial charge on any atom is 0.0835 e. The molecule has 0 aliphatic rings. The Labute approximate surface area is 125 Å². The van der Waals surface area contributed by atoms with Crippen molar-refractivity contribution >= 4 is 15.9 Å². The highest BCUT2D eigenvalue weighted by Gasteiger charge is 2.35. The smallest absolute Gasteiger partial charge is 0.0835 e. The fraction of sp³-hybridized carbons (Fsp3) is 0.786. The van der Waals surface area contributed by atoms with E-state index in [0.717, 1.165) is 16.7 Å². The van der Waals surface area contributed by atoms with E-state index in [4.69, 9.17) is 4.74 Å². The van der Waals surface area contributed by atoms with Crippen molar-refractivity contribution in [3.8, 4) is 0 Å². The number of nitrogens with one attached hydrogen (secondary N) is 1. The minimum atomic E-state index is -0.292. The molecule has 1 rings (SSSR count). The first-order valence-electron chi connectivity index (χ1n) is 6.95. The number of likely N-dealkylation sites (N-methyl/N-ethyl adjacent to an activating group) is 1. The zero-order valence-corrected chi connectivity index (χ0v) is 14.4. The quantitative estimate of drug-likeness (QED) is 0.828. The van der Waals surface area contributed by atoms with E-state index in [0.29, 0.717) is 12.6 Å². The summed E-state index contributed by atoms with van der Waals surface area (Å²) in [7, 11) is 0. The summed E-state index contributed by atoms with van der Waals surface area (Å²) in [4.78, 5) is 0. The van der Waals surface area contributed by atoms with Gasteiger partial charge in [0.2, 0.25) is 0 Å². The van der Waals surface area contributed by atoms with Gasteiger partial charge in [-0.15, -0.1) is 0 Å². The molecule has 1 aromatic rings. The third-order valence-corrected chi connectivity index (χ3v) is 3.78. The van der Waals surface area contributed by atoms with E-state index in [-0.39, 0.29) is 11.6 Å². The summed E-state index contributed by atoms with van der Waals surface area (Å²) in [6.07, 6.45) is 1.86. The van der Waals surface area contributed by atoms with Gasteiger partial charge in [0.25, 0.3) is 0 Å². The topological polar surface area (TPSA) is 39.1 Å². The van der Waals surface area contributed by atoms with Crippen LogP contribution in [0.1, 0.15) is 59.3 Å². The molecule has 5 heteroatoms. The molecule has 0 fully saturated rings. The molecular weight excluding hydrogens is 306 g/mol. The Morgan fingerprint density at radius 1 is 1.42 bits per heavy atom. The van der Waals surface area contributed by atoms with Gasteiger partial charge in [0.1, 0.15) is 0 Å². The van der Waals surface area contributed by atoms with Crippen molar-refractivity contribution in [1.29, 1.82) is 0 Å². The van der Waals surface area contributed by atoms with Crippen LogP contribution in [-0.2, 0) is 4.74 Å². The summed E-state index contributed by atoms with van der Waals surface area (Å²) < 4.78 is 9.01. The van der Waals surface area contributed by atoms with Crippen LogP contribution in [0.3, 0.4) is 0 Å². The zero-order chi connectivity index (χ0) is 14.6. The highest BCUT2D eigenvalue weighted by Crippen LogP contribution is 2.34. The molecule has 0 amide bonds. The van der Waals surface area contributed by atoms with Gasteiger partial charge in [-0.1, -0.05) is 6.92 Å². The summed E-state index contributed by atoms with van der Waals surface area (Å²) in [5.74, 6) is 0. The van der Waals surface area contributed by atoms with E-state index in [1.165, 1.54) is 0 Å². The van der Waals surface area contributed by atoms with Gasteiger partial charge in [0.15, 0.2) is 0 Å². The average molecular weight is 332 g/mol. The SMILES string of the molecule is CCNC(c1c(Br)cnn1C(C)C)C(C)(C)OCC. The molecule has 0 aromatic carbocycles. The van der Waals surface area contributed by atoms with Crippen LogP contribution in [0.5, 0.6) is 0 Å². The second-order valence-electron chi connectivity index (χ2n) is 5.44. The Bertz CT molecular complexity index is 401. The molecule has 0 aliphatic carbocycles. The van der Waals surface area contributed by atoms with Crippen molar-refractivity contribution in [2.45, 2.75) is 59.2 Å². The molecule has 19 heavy (non-hydrogen) atoms. The third-order valence-electron chi connectivity index (χ3n) is 3.17. The predicted octanol–water partition coefficient (Wildman–Crippen LogP) is 3.69. The first-order valence-corrected chi connectivity index (χ1v) is 7.74. The van der Waals surface area contributed by atoms with Crippen LogP contribution >= 0.6 is 15.9 Å². The van der Waals surface area contributed by atoms with Crippen molar-refractivity contribution in [2.75, 3.05) is 13.2 Å². The first-order chi connectivity index (χ1) is 8.85. The Kier molecular flexibility index (Phi) is 6.02. The first kappa shape index (κ1) is 16.7. The molecule has 1 atom stereocenters. The number of nitrogens with zero attached hydrogens (tertiary/aromatic N) is 2. The Morgan fingerprint density at radius 2 is 2.05 bits per heavy atom. The second-order valence-corrected chi connectivity index (χ2v) is 6.30. The van der Waals surface area contributed by atoms with Crippen molar-refractivity contribution in [3.63, 3.8) is 0 Å². The molecule has 0 aliphatic heterocycles. The van der Waals surface area contributed by atoms with Gasteiger partial charge >= 0.3 is 0 Å². The minimum Gasteiger partial charge on any atom is -0.374 e. The van der Waals surface area contributed by atoms with Crippen molar-refractivity contribution in [1.82, 2.24) is 15.1 Å². The van der Waals surface area contributed by atoms with E-state index in [1.54, 1.807) is 0 Å². The molecule has 110 valence electrons. The Hall–Kier alpha value is -0.390. The van der Waals surface area contributed by atoms with Gasteiger partial charge < -0.3 is 10.1 Å². The van der Waals surface area contributed by atoms with E-state index in [9.17, 15) is 0 Å². The minimum absolute atomic E-state index is 0.0942. The standard InChI is InChI=1S/C14H26BrN3O/c1-7-16-13(14(5,6)19-8-2)12-11(15)9-17-18(12)10(3)4/h9-10,13,16H,7-8H2,1-6H3. The molecule has 0 saturated carbocycles. The van der Waals surface area contributed by atoms with E-state index >= 15 is 0 Å². The lowest BCUT2D eigenvalue weighted by molar-refractivity contribution is -0.0412. The number of rotatable bonds is 7. The van der Waals surface area contributed by atoms with Crippen LogP contribution < -0.4 is 5.32 Å². The number of halogens is 1. The molecule has 1 N–H and O–H groups in total. The normalized spacial score (nSPS) is 14.1. The summed E-state index contributed by atoms with van der Waals surface area (Å²) in [6.45, 7) is 14.2. The highest BCUT2D eigenvalue weighted by molar-refractivity contribution is 9.10. The summed E-state index contributed by atoms with van der Waals surface area (Å²) >= 11 is 3.62. The van der Waals surface area contributed by atoms with E-state index in [2.05, 4.69) is 65.6 Å². The number of hydrogen-bond donors (Lipinski definition) is 1. The second kappa shape index (κ2) is 6.86. The van der Waals surface area contributed by atoms with E-state index < -0.39 is 0 Å². The zero-order valence-electron chi connectivity index (χ0n) is 12.8. The van der Waals surface area contributed by atoms with Crippen LogP contribution in [0.15, 0.2) is 10.7 Å². The highest BCUT2D eigenvalue weighted by atomic mass is 79.9. The molecule has 0 bridgehead atoms. The van der Waals surface area contributed by atoms with Gasteiger partial charge in [-0.3, -0.25) is 4.68 Å². The van der Waals surface area contributed by atoms with Crippen LogP contribution in [0.2, 0.25) is 0 Å². The van der Waals surface area contributed by atoms with Crippen LogP contribution in [0.4, 0.5) is 0 Å². The number of aromatic nitrogens is 2. The van der Waals surface area contributed by atoms with Crippen LogP contribution in [0, 0.1) is 0 Å². The lowest BCUT2D eigenvalue weighted by atomic mass is 9.95. The fourth-order valence-electron chi connectivity index (χ4n) is 2.36. The molecule has 1 aromatic heterocycles. The van der Waals surface area contributed by atoms with Gasteiger partial charge in [-0.2, -0.15) is 5.10 Å². The third kappa shape index (κ3) is 3.80.